The first-order valence-corrected chi connectivity index (χ1v) is 11.2. The van der Waals surface area contributed by atoms with Gasteiger partial charge < -0.3 is 9.47 Å². The third-order valence-electron chi connectivity index (χ3n) is 5.02. The first-order valence-electron chi connectivity index (χ1n) is 10.5. The average molecular weight is 484 g/mol. The molecular weight excluding hydrogens is 456 g/mol. The van der Waals surface area contributed by atoms with Crippen molar-refractivity contribution in [1.82, 2.24) is 9.97 Å². The van der Waals surface area contributed by atoms with Crippen molar-refractivity contribution in [2.24, 2.45) is 5.92 Å². The number of hydrogen-bond acceptors (Lipinski definition) is 5. The summed E-state index contributed by atoms with van der Waals surface area (Å²) in [7, 11) is 0. The van der Waals surface area contributed by atoms with Crippen molar-refractivity contribution in [1.29, 1.82) is 0 Å². The summed E-state index contributed by atoms with van der Waals surface area (Å²) in [6, 6.07) is 4.32. The number of carbonyl (C=O) groups excluding carboxylic acids is 1. The lowest BCUT2D eigenvalue weighted by Crippen LogP contribution is -2.44. The minimum absolute atomic E-state index is 0.154. The maximum absolute atomic E-state index is 13.7. The fraction of sp³-hybridized carbons (Fsp3) is 0.522. The van der Waals surface area contributed by atoms with E-state index in [1.54, 1.807) is 26.8 Å². The Morgan fingerprint density at radius 2 is 2.03 bits per heavy atom. The van der Waals surface area contributed by atoms with Crippen molar-refractivity contribution in [3.05, 3.63) is 40.4 Å². The summed E-state index contributed by atoms with van der Waals surface area (Å²) in [6.45, 7) is 10.4. The van der Waals surface area contributed by atoms with Crippen molar-refractivity contribution in [3.8, 4) is 11.3 Å². The summed E-state index contributed by atoms with van der Waals surface area (Å²) in [5, 5.41) is 0.436. The van der Waals surface area contributed by atoms with Gasteiger partial charge in [0.05, 0.1) is 21.3 Å². The zero-order chi connectivity index (χ0) is 23.7. The second-order valence-electron chi connectivity index (χ2n) is 9.55. The molecule has 3 heterocycles. The number of ether oxygens (including phenoxy) is 2. The number of anilines is 1. The van der Waals surface area contributed by atoms with Crippen LogP contribution in [0.1, 0.15) is 47.5 Å². The number of halogens is 3. The number of amides is 1. The number of aromatic nitrogens is 2. The predicted octanol–water partition coefficient (Wildman–Crippen LogP) is 6.54. The standard InChI is InChI=1S/C23H28Cl2FN3O3/c1-22(2,3)32-21(30)29(13-14-7-9-31-23(4,5)12-14)20-17(25)11-16(24)19(28-20)15-6-8-27-18(26)10-15/h6,8,10-11,14H,7,9,12-13H2,1-5H3. The highest BCUT2D eigenvalue weighted by Gasteiger charge is 2.34. The molecule has 0 spiro atoms. The molecule has 2 aromatic heterocycles. The fourth-order valence-electron chi connectivity index (χ4n) is 3.73. The monoisotopic (exact) mass is 483 g/mol. The van der Waals surface area contributed by atoms with Gasteiger partial charge in [0.15, 0.2) is 5.82 Å². The quantitative estimate of drug-likeness (QED) is 0.462. The first-order chi connectivity index (χ1) is 14.8. The smallest absolute Gasteiger partial charge is 0.416 e. The molecule has 32 heavy (non-hydrogen) atoms. The molecule has 174 valence electrons. The molecule has 1 unspecified atom stereocenters. The number of nitrogens with zero attached hydrogens (tertiary/aromatic N) is 3. The lowest BCUT2D eigenvalue weighted by atomic mass is 9.88. The Hall–Kier alpha value is -1.96. The van der Waals surface area contributed by atoms with E-state index in [2.05, 4.69) is 9.97 Å². The summed E-state index contributed by atoms with van der Waals surface area (Å²) in [6.07, 6.45) is 2.31. The van der Waals surface area contributed by atoms with Crippen LogP contribution in [0.3, 0.4) is 0 Å². The van der Waals surface area contributed by atoms with Gasteiger partial charge in [0.25, 0.3) is 0 Å². The van der Waals surface area contributed by atoms with Crippen molar-refractivity contribution in [2.75, 3.05) is 18.1 Å². The molecule has 1 aliphatic heterocycles. The molecule has 0 saturated carbocycles. The van der Waals surface area contributed by atoms with E-state index < -0.39 is 17.6 Å². The molecule has 0 bridgehead atoms. The molecule has 1 atom stereocenters. The molecule has 1 amide bonds. The van der Waals surface area contributed by atoms with Gasteiger partial charge in [-0.05, 0) is 65.5 Å². The van der Waals surface area contributed by atoms with Crippen molar-refractivity contribution >= 4 is 35.1 Å². The summed E-state index contributed by atoms with van der Waals surface area (Å²) in [4.78, 5) is 22.8. The largest absolute Gasteiger partial charge is 0.443 e. The van der Waals surface area contributed by atoms with Gasteiger partial charge in [-0.25, -0.2) is 14.8 Å². The van der Waals surface area contributed by atoms with E-state index in [-0.39, 0.29) is 27.4 Å². The number of hydrogen-bond donors (Lipinski definition) is 0. The Bertz CT molecular complexity index is 995. The van der Waals surface area contributed by atoms with Gasteiger partial charge in [-0.1, -0.05) is 23.2 Å². The molecule has 1 aliphatic rings. The molecule has 1 fully saturated rings. The minimum Gasteiger partial charge on any atom is -0.443 e. The summed E-state index contributed by atoms with van der Waals surface area (Å²) in [5.41, 5.74) is -0.273. The number of pyridine rings is 2. The Balaban J connectivity index is 2.03. The average Bonchev–Trinajstić information content (AvgIpc) is 2.64. The molecular formula is C23H28Cl2FN3O3. The van der Waals surface area contributed by atoms with Gasteiger partial charge in [-0.15, -0.1) is 0 Å². The fourth-order valence-corrected chi connectivity index (χ4v) is 4.30. The second-order valence-corrected chi connectivity index (χ2v) is 10.4. The van der Waals surface area contributed by atoms with Crippen molar-refractivity contribution in [3.63, 3.8) is 0 Å². The van der Waals surface area contributed by atoms with E-state index in [9.17, 15) is 9.18 Å². The lowest BCUT2D eigenvalue weighted by molar-refractivity contribution is -0.0710. The SMILES string of the molecule is CC(C)(C)OC(=O)N(CC1CCOC(C)(C)C1)c1nc(-c2ccnc(F)c2)c(Cl)cc1Cl. The van der Waals surface area contributed by atoms with Gasteiger partial charge in [-0.2, -0.15) is 4.39 Å². The molecule has 6 nitrogen and oxygen atoms in total. The Kier molecular flexibility index (Phi) is 7.32. The highest BCUT2D eigenvalue weighted by Crippen LogP contribution is 2.37. The van der Waals surface area contributed by atoms with Gasteiger partial charge in [0.1, 0.15) is 5.60 Å². The van der Waals surface area contributed by atoms with Gasteiger partial charge in [-0.3, -0.25) is 4.90 Å². The Morgan fingerprint density at radius 3 is 2.66 bits per heavy atom. The predicted molar refractivity (Wildman–Crippen MR) is 124 cm³/mol. The van der Waals surface area contributed by atoms with Crippen LogP contribution in [0.15, 0.2) is 24.4 Å². The van der Waals surface area contributed by atoms with Crippen molar-refractivity contribution < 1.29 is 18.7 Å². The van der Waals surface area contributed by atoms with Crippen LogP contribution >= 0.6 is 23.2 Å². The molecule has 0 aliphatic carbocycles. The molecule has 0 aromatic carbocycles. The maximum Gasteiger partial charge on any atom is 0.416 e. The van der Waals surface area contributed by atoms with Crippen molar-refractivity contribution in [2.45, 2.75) is 58.7 Å². The van der Waals surface area contributed by atoms with Crippen LogP contribution in [0.2, 0.25) is 10.0 Å². The molecule has 0 N–H and O–H groups in total. The van der Waals surface area contributed by atoms with Gasteiger partial charge in [0, 0.05) is 31.0 Å². The van der Waals surface area contributed by atoms with E-state index in [1.165, 1.54) is 23.2 Å². The highest BCUT2D eigenvalue weighted by atomic mass is 35.5. The summed E-state index contributed by atoms with van der Waals surface area (Å²) in [5.74, 6) is -0.297. The summed E-state index contributed by atoms with van der Waals surface area (Å²) >= 11 is 12.9. The summed E-state index contributed by atoms with van der Waals surface area (Å²) < 4.78 is 25.2. The highest BCUT2D eigenvalue weighted by molar-refractivity contribution is 6.37. The van der Waals surface area contributed by atoms with Crippen LogP contribution in [0.4, 0.5) is 15.0 Å². The molecule has 1 saturated heterocycles. The third kappa shape index (κ3) is 6.30. The van der Waals surface area contributed by atoms with Crippen LogP contribution in [-0.2, 0) is 9.47 Å². The molecule has 0 radical (unpaired) electrons. The van der Waals surface area contributed by atoms with E-state index in [1.807, 2.05) is 13.8 Å². The molecule has 3 rings (SSSR count). The zero-order valence-corrected chi connectivity index (χ0v) is 20.4. The number of carbonyl (C=O) groups is 1. The zero-order valence-electron chi connectivity index (χ0n) is 18.9. The van der Waals surface area contributed by atoms with E-state index in [0.717, 1.165) is 12.8 Å². The van der Waals surface area contributed by atoms with Crippen LogP contribution in [-0.4, -0.2) is 40.4 Å². The lowest BCUT2D eigenvalue weighted by Gasteiger charge is -2.38. The van der Waals surface area contributed by atoms with Crippen LogP contribution in [0.25, 0.3) is 11.3 Å². The number of rotatable bonds is 4. The van der Waals surface area contributed by atoms with E-state index in [4.69, 9.17) is 32.7 Å². The van der Waals surface area contributed by atoms with Gasteiger partial charge >= 0.3 is 6.09 Å². The van der Waals surface area contributed by atoms with Gasteiger partial charge in [0.2, 0.25) is 5.95 Å². The van der Waals surface area contributed by atoms with E-state index in [0.29, 0.717) is 24.4 Å². The Labute approximate surface area is 198 Å². The van der Waals surface area contributed by atoms with Crippen LogP contribution in [0.5, 0.6) is 0 Å². The minimum atomic E-state index is -0.708. The molecule has 2 aromatic rings. The molecule has 9 heteroatoms. The van der Waals surface area contributed by atoms with E-state index >= 15 is 0 Å². The normalized spacial score (nSPS) is 18.3. The topological polar surface area (TPSA) is 64.5 Å². The van der Waals surface area contributed by atoms with Crippen LogP contribution < -0.4 is 4.90 Å². The third-order valence-corrected chi connectivity index (χ3v) is 5.59. The second kappa shape index (κ2) is 9.49. The van der Waals surface area contributed by atoms with Crippen LogP contribution in [0, 0.1) is 11.9 Å². The Morgan fingerprint density at radius 1 is 1.31 bits per heavy atom. The first kappa shape index (κ1) is 24.7. The maximum atomic E-state index is 13.7.